The maximum absolute atomic E-state index is 12.2. The number of hydrogen-bond acceptors (Lipinski definition) is 5. The van der Waals surface area contributed by atoms with Crippen LogP contribution in [0.5, 0.6) is 11.5 Å². The van der Waals surface area contributed by atoms with Crippen LogP contribution in [0.25, 0.3) is 0 Å². The van der Waals surface area contributed by atoms with Crippen LogP contribution in [0.4, 0.5) is 11.4 Å². The van der Waals surface area contributed by atoms with Crippen LogP contribution in [0.1, 0.15) is 19.8 Å². The fourth-order valence-corrected chi connectivity index (χ4v) is 3.73. The van der Waals surface area contributed by atoms with Crippen molar-refractivity contribution in [3.63, 3.8) is 0 Å². The highest BCUT2D eigenvalue weighted by molar-refractivity contribution is 6.33. The molecule has 2 aromatic rings. The summed E-state index contributed by atoms with van der Waals surface area (Å²) in [7, 11) is 1.59. The number of anilines is 2. The quantitative estimate of drug-likeness (QED) is 0.669. The average molecular weight is 446 g/mol. The number of carbonyl (C=O) groups excluding carboxylic acids is 2. The highest BCUT2D eigenvalue weighted by Gasteiger charge is 2.22. The monoisotopic (exact) mass is 445 g/mol. The van der Waals surface area contributed by atoms with E-state index in [2.05, 4.69) is 10.2 Å². The third kappa shape index (κ3) is 6.28. The normalized spacial score (nSPS) is 13.6. The first kappa shape index (κ1) is 22.7. The Hall–Kier alpha value is -2.93. The lowest BCUT2D eigenvalue weighted by atomic mass is 10.2. The minimum absolute atomic E-state index is 0.112. The molecular weight excluding hydrogens is 418 g/mol. The minimum atomic E-state index is -0.275. The van der Waals surface area contributed by atoms with Crippen molar-refractivity contribution in [2.24, 2.45) is 0 Å². The largest absolute Gasteiger partial charge is 0.497 e. The number of piperazine rings is 1. The van der Waals surface area contributed by atoms with Gasteiger partial charge in [0.15, 0.2) is 6.61 Å². The second-order valence-electron chi connectivity index (χ2n) is 7.30. The lowest BCUT2D eigenvalue weighted by molar-refractivity contribution is -0.131. The number of nitrogens with zero attached hydrogens (tertiary/aromatic N) is 2. The molecule has 1 heterocycles. The second-order valence-corrected chi connectivity index (χ2v) is 7.70. The summed E-state index contributed by atoms with van der Waals surface area (Å²) in [6.07, 6.45) is 1.46. The minimum Gasteiger partial charge on any atom is -0.497 e. The molecule has 2 amide bonds. The number of hydrogen-bond donors (Lipinski definition) is 1. The van der Waals surface area contributed by atoms with E-state index in [-0.39, 0.29) is 18.4 Å². The Labute approximate surface area is 187 Å². The molecular formula is C23H28ClN3O4. The summed E-state index contributed by atoms with van der Waals surface area (Å²) >= 11 is 6.48. The van der Waals surface area contributed by atoms with Crippen molar-refractivity contribution in [3.8, 4) is 11.5 Å². The van der Waals surface area contributed by atoms with Crippen molar-refractivity contribution >= 4 is 34.8 Å². The molecule has 0 aliphatic carbocycles. The van der Waals surface area contributed by atoms with Crippen LogP contribution < -0.4 is 19.7 Å². The Kier molecular flexibility index (Phi) is 8.00. The van der Waals surface area contributed by atoms with Crippen LogP contribution in [0.15, 0.2) is 42.5 Å². The van der Waals surface area contributed by atoms with Crippen LogP contribution in [0.2, 0.25) is 5.02 Å². The van der Waals surface area contributed by atoms with E-state index in [0.29, 0.717) is 36.0 Å². The number of halogens is 1. The third-order valence-corrected chi connectivity index (χ3v) is 5.40. The fraction of sp³-hybridized carbons (Fsp3) is 0.391. The molecule has 0 radical (unpaired) electrons. The molecule has 1 N–H and O–H groups in total. The first-order valence-corrected chi connectivity index (χ1v) is 10.8. The summed E-state index contributed by atoms with van der Waals surface area (Å²) in [5.74, 6) is 1.24. The van der Waals surface area contributed by atoms with Gasteiger partial charge >= 0.3 is 0 Å². The van der Waals surface area contributed by atoms with Crippen LogP contribution in [-0.4, -0.2) is 56.6 Å². The molecule has 166 valence electrons. The molecule has 1 aliphatic rings. The zero-order valence-electron chi connectivity index (χ0n) is 17.9. The van der Waals surface area contributed by atoms with Crippen molar-refractivity contribution < 1.29 is 19.1 Å². The number of ether oxygens (including phenoxy) is 2. The average Bonchev–Trinajstić information content (AvgIpc) is 2.78. The summed E-state index contributed by atoms with van der Waals surface area (Å²) < 4.78 is 10.6. The molecule has 2 aromatic carbocycles. The molecule has 0 saturated carbocycles. The molecule has 31 heavy (non-hydrogen) atoms. The van der Waals surface area contributed by atoms with Crippen LogP contribution in [-0.2, 0) is 9.59 Å². The van der Waals surface area contributed by atoms with E-state index in [1.807, 2.05) is 24.0 Å². The Bertz CT molecular complexity index is 896. The van der Waals surface area contributed by atoms with E-state index < -0.39 is 0 Å². The summed E-state index contributed by atoms with van der Waals surface area (Å²) in [4.78, 5) is 28.3. The van der Waals surface area contributed by atoms with Crippen molar-refractivity contribution in [2.75, 3.05) is 50.1 Å². The van der Waals surface area contributed by atoms with Crippen molar-refractivity contribution in [1.29, 1.82) is 0 Å². The van der Waals surface area contributed by atoms with Gasteiger partial charge < -0.3 is 24.6 Å². The van der Waals surface area contributed by atoms with Gasteiger partial charge in [-0.1, -0.05) is 18.5 Å². The van der Waals surface area contributed by atoms with Crippen molar-refractivity contribution in [1.82, 2.24) is 4.90 Å². The maximum atomic E-state index is 12.2. The zero-order valence-corrected chi connectivity index (χ0v) is 18.7. The van der Waals surface area contributed by atoms with Gasteiger partial charge in [-0.3, -0.25) is 9.59 Å². The smallest absolute Gasteiger partial charge is 0.262 e. The van der Waals surface area contributed by atoms with E-state index in [0.717, 1.165) is 30.9 Å². The maximum Gasteiger partial charge on any atom is 0.262 e. The number of benzene rings is 2. The van der Waals surface area contributed by atoms with Gasteiger partial charge in [-0.2, -0.15) is 0 Å². The van der Waals surface area contributed by atoms with Gasteiger partial charge in [-0.05, 0) is 48.9 Å². The Balaban J connectivity index is 1.51. The Morgan fingerprint density at radius 3 is 2.32 bits per heavy atom. The molecule has 1 fully saturated rings. The summed E-state index contributed by atoms with van der Waals surface area (Å²) in [6, 6.07) is 12.5. The number of methoxy groups -OCH3 is 1. The van der Waals surface area contributed by atoms with Gasteiger partial charge in [0, 0.05) is 38.3 Å². The number of nitrogens with one attached hydrogen (secondary N) is 1. The molecule has 0 atom stereocenters. The van der Waals surface area contributed by atoms with Crippen LogP contribution >= 0.6 is 11.6 Å². The molecule has 0 unspecified atom stereocenters. The third-order valence-electron chi connectivity index (χ3n) is 5.10. The molecule has 3 rings (SSSR count). The van der Waals surface area contributed by atoms with E-state index in [1.54, 1.807) is 37.4 Å². The highest BCUT2D eigenvalue weighted by atomic mass is 35.5. The number of amides is 2. The van der Waals surface area contributed by atoms with Gasteiger partial charge in [-0.25, -0.2) is 0 Å². The van der Waals surface area contributed by atoms with Gasteiger partial charge in [0.1, 0.15) is 11.5 Å². The summed E-state index contributed by atoms with van der Waals surface area (Å²) in [6.45, 7) is 4.75. The standard InChI is InChI=1S/C23H28ClN3O4/c1-3-4-23(29)27-13-11-26(12-14-27)21-10-5-17(15-20(21)24)25-22(28)16-31-19-8-6-18(30-2)7-9-19/h5-10,15H,3-4,11-14,16H2,1-2H3,(H,25,28). The Morgan fingerprint density at radius 1 is 1.03 bits per heavy atom. The molecule has 0 bridgehead atoms. The predicted molar refractivity (Wildman–Crippen MR) is 122 cm³/mol. The number of carbonyl (C=O) groups is 2. The molecule has 0 spiro atoms. The lowest BCUT2D eigenvalue weighted by Crippen LogP contribution is -2.48. The summed E-state index contributed by atoms with van der Waals surface area (Å²) in [5.41, 5.74) is 1.51. The highest BCUT2D eigenvalue weighted by Crippen LogP contribution is 2.30. The molecule has 7 nitrogen and oxygen atoms in total. The SMILES string of the molecule is CCCC(=O)N1CCN(c2ccc(NC(=O)COc3ccc(OC)cc3)cc2Cl)CC1. The fourth-order valence-electron chi connectivity index (χ4n) is 3.43. The van der Waals surface area contributed by atoms with E-state index in [4.69, 9.17) is 21.1 Å². The van der Waals surface area contributed by atoms with Gasteiger partial charge in [-0.15, -0.1) is 0 Å². The van der Waals surface area contributed by atoms with Crippen molar-refractivity contribution in [2.45, 2.75) is 19.8 Å². The Morgan fingerprint density at radius 2 is 1.71 bits per heavy atom. The van der Waals surface area contributed by atoms with Crippen LogP contribution in [0.3, 0.4) is 0 Å². The van der Waals surface area contributed by atoms with E-state index in [1.165, 1.54) is 0 Å². The molecule has 8 heteroatoms. The molecule has 0 aromatic heterocycles. The topological polar surface area (TPSA) is 71.1 Å². The lowest BCUT2D eigenvalue weighted by Gasteiger charge is -2.36. The van der Waals surface area contributed by atoms with Gasteiger partial charge in [0.2, 0.25) is 5.91 Å². The summed E-state index contributed by atoms with van der Waals surface area (Å²) in [5, 5.41) is 3.35. The first-order chi connectivity index (χ1) is 15.0. The van der Waals surface area contributed by atoms with Crippen molar-refractivity contribution in [3.05, 3.63) is 47.5 Å². The van der Waals surface area contributed by atoms with E-state index in [9.17, 15) is 9.59 Å². The number of rotatable bonds is 8. The van der Waals surface area contributed by atoms with E-state index >= 15 is 0 Å². The first-order valence-electron chi connectivity index (χ1n) is 10.4. The molecule has 1 aliphatic heterocycles. The van der Waals surface area contributed by atoms with Gasteiger partial charge in [0.05, 0.1) is 17.8 Å². The van der Waals surface area contributed by atoms with Gasteiger partial charge in [0.25, 0.3) is 5.91 Å². The predicted octanol–water partition coefficient (Wildman–Crippen LogP) is 3.81. The van der Waals surface area contributed by atoms with Crippen LogP contribution in [0, 0.1) is 0 Å². The second kappa shape index (κ2) is 10.9. The zero-order chi connectivity index (χ0) is 22.2. The molecule has 1 saturated heterocycles.